The van der Waals surface area contributed by atoms with Gasteiger partial charge < -0.3 is 11.1 Å². The molecule has 1 aliphatic rings. The van der Waals surface area contributed by atoms with E-state index < -0.39 is 0 Å². The average Bonchev–Trinajstić information content (AvgIpc) is 3.14. The lowest BCUT2D eigenvalue weighted by Gasteiger charge is -2.26. The first-order valence-corrected chi connectivity index (χ1v) is 7.34. The molecule has 3 N–H and O–H groups in total. The molecule has 1 saturated carbocycles. The van der Waals surface area contributed by atoms with Crippen LogP contribution in [-0.2, 0) is 0 Å². The van der Waals surface area contributed by atoms with Crippen molar-refractivity contribution in [1.82, 2.24) is 5.32 Å². The van der Waals surface area contributed by atoms with E-state index in [2.05, 4.69) is 36.5 Å². The molecule has 1 atom stereocenters. The summed E-state index contributed by atoms with van der Waals surface area (Å²) in [6.07, 6.45) is 2.50. The minimum atomic E-state index is 0.314. The Labute approximate surface area is 108 Å². The summed E-state index contributed by atoms with van der Waals surface area (Å²) < 4.78 is 0. The summed E-state index contributed by atoms with van der Waals surface area (Å²) >= 11 is 1.89. The van der Waals surface area contributed by atoms with Crippen LogP contribution < -0.4 is 11.1 Å². The average molecular weight is 250 g/mol. The van der Waals surface area contributed by atoms with Crippen molar-refractivity contribution in [2.45, 2.75) is 30.7 Å². The minimum Gasteiger partial charge on any atom is -0.330 e. The van der Waals surface area contributed by atoms with Crippen molar-refractivity contribution in [1.29, 1.82) is 0 Å². The van der Waals surface area contributed by atoms with E-state index in [1.807, 2.05) is 18.8 Å². The van der Waals surface area contributed by atoms with Crippen LogP contribution in [0.1, 0.15) is 31.4 Å². The lowest BCUT2D eigenvalue weighted by atomic mass is 9.90. The summed E-state index contributed by atoms with van der Waals surface area (Å²) in [6.45, 7) is 2.96. The van der Waals surface area contributed by atoms with Crippen LogP contribution in [-0.4, -0.2) is 19.3 Å². The Morgan fingerprint density at radius 1 is 1.35 bits per heavy atom. The third kappa shape index (κ3) is 2.67. The number of rotatable bonds is 6. The largest absolute Gasteiger partial charge is 0.330 e. The fraction of sp³-hybridized carbons (Fsp3) is 0.571. The van der Waals surface area contributed by atoms with Gasteiger partial charge in [0.25, 0.3) is 0 Å². The highest BCUT2D eigenvalue weighted by atomic mass is 32.2. The van der Waals surface area contributed by atoms with E-state index >= 15 is 0 Å². The van der Waals surface area contributed by atoms with E-state index in [0.29, 0.717) is 11.5 Å². The molecule has 2 rings (SSSR count). The Hall–Kier alpha value is -0.510. The molecule has 1 fully saturated rings. The quantitative estimate of drug-likeness (QED) is 0.763. The van der Waals surface area contributed by atoms with Gasteiger partial charge in [0.15, 0.2) is 0 Å². The normalized spacial score (nSPS) is 19.0. The Bertz CT molecular complexity index is 357. The summed E-state index contributed by atoms with van der Waals surface area (Å²) in [5, 5.41) is 3.44. The number of thioether (sulfide) groups is 1. The Morgan fingerprint density at radius 2 is 2.00 bits per heavy atom. The monoisotopic (exact) mass is 250 g/mol. The molecular weight excluding hydrogens is 228 g/mol. The molecular formula is C14H22N2S. The van der Waals surface area contributed by atoms with Crippen LogP contribution in [0.3, 0.4) is 0 Å². The van der Waals surface area contributed by atoms with Crippen molar-refractivity contribution >= 4 is 11.8 Å². The van der Waals surface area contributed by atoms with Gasteiger partial charge in [0.2, 0.25) is 0 Å². The molecule has 1 aromatic rings. The maximum absolute atomic E-state index is 5.92. The van der Waals surface area contributed by atoms with Crippen LogP contribution in [0.25, 0.3) is 0 Å². The topological polar surface area (TPSA) is 38.0 Å². The second-order valence-corrected chi connectivity index (χ2v) is 6.13. The third-order valence-electron chi connectivity index (χ3n) is 3.72. The van der Waals surface area contributed by atoms with Crippen LogP contribution >= 0.6 is 11.8 Å². The first kappa shape index (κ1) is 12.9. The van der Waals surface area contributed by atoms with Crippen LogP contribution in [0.15, 0.2) is 29.2 Å². The van der Waals surface area contributed by atoms with Gasteiger partial charge >= 0.3 is 0 Å². The number of hydrogen-bond acceptors (Lipinski definition) is 3. The molecule has 0 saturated heterocycles. The SMILES string of the molecule is CCSc1ccc(C(NC)C2(CN)CC2)cc1. The van der Waals surface area contributed by atoms with Crippen LogP contribution in [0.2, 0.25) is 0 Å². The minimum absolute atomic E-state index is 0.314. The van der Waals surface area contributed by atoms with Gasteiger partial charge in [-0.25, -0.2) is 0 Å². The van der Waals surface area contributed by atoms with Gasteiger partial charge in [-0.2, -0.15) is 0 Å². The molecule has 1 aliphatic carbocycles. The molecule has 3 heteroatoms. The second-order valence-electron chi connectivity index (χ2n) is 4.79. The molecule has 0 aliphatic heterocycles. The zero-order valence-electron chi connectivity index (χ0n) is 10.7. The van der Waals surface area contributed by atoms with Gasteiger partial charge in [0.05, 0.1) is 0 Å². The fourth-order valence-corrected chi connectivity index (χ4v) is 3.18. The lowest BCUT2D eigenvalue weighted by molar-refractivity contribution is 0.366. The second kappa shape index (κ2) is 5.42. The van der Waals surface area contributed by atoms with E-state index in [1.165, 1.54) is 23.3 Å². The fourth-order valence-electron chi connectivity index (χ4n) is 2.52. The van der Waals surface area contributed by atoms with E-state index in [-0.39, 0.29) is 0 Å². The Kier molecular flexibility index (Phi) is 4.13. The van der Waals surface area contributed by atoms with E-state index in [4.69, 9.17) is 5.73 Å². The highest BCUT2D eigenvalue weighted by Gasteiger charge is 2.48. The highest BCUT2D eigenvalue weighted by Crippen LogP contribution is 2.53. The summed E-state index contributed by atoms with van der Waals surface area (Å²) in [4.78, 5) is 1.35. The smallest absolute Gasteiger partial charge is 0.0386 e. The molecule has 2 nitrogen and oxygen atoms in total. The summed E-state index contributed by atoms with van der Waals surface area (Å²) in [6, 6.07) is 9.35. The molecule has 17 heavy (non-hydrogen) atoms. The summed E-state index contributed by atoms with van der Waals surface area (Å²) in [7, 11) is 2.04. The molecule has 0 amide bonds. The van der Waals surface area contributed by atoms with Crippen LogP contribution in [0.5, 0.6) is 0 Å². The lowest BCUT2D eigenvalue weighted by Crippen LogP contribution is -2.32. The first-order chi connectivity index (χ1) is 8.25. The highest BCUT2D eigenvalue weighted by molar-refractivity contribution is 7.99. The van der Waals surface area contributed by atoms with Gasteiger partial charge in [-0.05, 0) is 49.9 Å². The van der Waals surface area contributed by atoms with Crippen molar-refractivity contribution in [3.8, 4) is 0 Å². The zero-order valence-corrected chi connectivity index (χ0v) is 11.5. The number of hydrogen-bond donors (Lipinski definition) is 2. The third-order valence-corrected chi connectivity index (χ3v) is 4.62. The van der Waals surface area contributed by atoms with Crippen molar-refractivity contribution < 1.29 is 0 Å². The zero-order chi connectivity index (χ0) is 12.3. The molecule has 0 radical (unpaired) electrons. The van der Waals surface area contributed by atoms with Crippen molar-refractivity contribution in [2.75, 3.05) is 19.3 Å². The van der Waals surface area contributed by atoms with Crippen molar-refractivity contribution in [2.24, 2.45) is 11.1 Å². The van der Waals surface area contributed by atoms with Crippen molar-refractivity contribution in [3.63, 3.8) is 0 Å². The van der Waals surface area contributed by atoms with E-state index in [0.717, 1.165) is 12.3 Å². The maximum Gasteiger partial charge on any atom is 0.0386 e. The van der Waals surface area contributed by atoms with Crippen LogP contribution in [0, 0.1) is 5.41 Å². The van der Waals surface area contributed by atoms with Crippen LogP contribution in [0.4, 0.5) is 0 Å². The standard InChI is InChI=1S/C14H22N2S/c1-3-17-12-6-4-11(5-7-12)13(16-2)14(10-15)8-9-14/h4-7,13,16H,3,8-10,15H2,1-2H3. The van der Waals surface area contributed by atoms with Crippen molar-refractivity contribution in [3.05, 3.63) is 29.8 Å². The summed E-state index contributed by atoms with van der Waals surface area (Å²) in [5.74, 6) is 1.13. The molecule has 0 aromatic heterocycles. The predicted molar refractivity (Wildman–Crippen MR) is 75.4 cm³/mol. The molecule has 0 bridgehead atoms. The summed E-state index contributed by atoms with van der Waals surface area (Å²) in [5.41, 5.74) is 7.60. The number of nitrogens with two attached hydrogens (primary N) is 1. The van der Waals surface area contributed by atoms with E-state index in [1.54, 1.807) is 0 Å². The molecule has 0 spiro atoms. The van der Waals surface area contributed by atoms with Gasteiger partial charge in [-0.15, -0.1) is 11.8 Å². The van der Waals surface area contributed by atoms with Gasteiger partial charge in [0, 0.05) is 16.4 Å². The first-order valence-electron chi connectivity index (χ1n) is 6.36. The molecule has 0 heterocycles. The number of nitrogens with one attached hydrogen (secondary N) is 1. The molecule has 94 valence electrons. The maximum atomic E-state index is 5.92. The Morgan fingerprint density at radius 3 is 2.41 bits per heavy atom. The Balaban J connectivity index is 2.14. The predicted octanol–water partition coefficient (Wildman–Crippen LogP) is 2.80. The van der Waals surface area contributed by atoms with Gasteiger partial charge in [0.1, 0.15) is 0 Å². The van der Waals surface area contributed by atoms with E-state index in [9.17, 15) is 0 Å². The number of benzene rings is 1. The molecule has 1 aromatic carbocycles. The molecule has 1 unspecified atom stereocenters. The van der Waals surface area contributed by atoms with Gasteiger partial charge in [-0.1, -0.05) is 19.1 Å². The van der Waals surface area contributed by atoms with Gasteiger partial charge in [-0.3, -0.25) is 0 Å².